The normalized spacial score (nSPS) is 10.9. The van der Waals surface area contributed by atoms with E-state index in [4.69, 9.17) is 22.3 Å². The predicted octanol–water partition coefficient (Wildman–Crippen LogP) is 4.50. The minimum Gasteiger partial charge on any atom is -0.326 e. The summed E-state index contributed by atoms with van der Waals surface area (Å²) in [5.41, 5.74) is 6.94. The van der Waals surface area contributed by atoms with Gasteiger partial charge in [0.05, 0.1) is 16.5 Å². The number of hydrogen-bond donors (Lipinski definition) is 1. The van der Waals surface area contributed by atoms with Crippen LogP contribution in [0.3, 0.4) is 0 Å². The van der Waals surface area contributed by atoms with Crippen LogP contribution in [0, 0.1) is 0 Å². The number of thioether (sulfide) groups is 1. The molecule has 0 radical (unpaired) electrons. The van der Waals surface area contributed by atoms with Crippen molar-refractivity contribution in [2.24, 2.45) is 5.73 Å². The van der Waals surface area contributed by atoms with Gasteiger partial charge in [-0.2, -0.15) is 0 Å². The van der Waals surface area contributed by atoms with Gasteiger partial charge in [0.25, 0.3) is 0 Å². The minimum atomic E-state index is 0.587. The average Bonchev–Trinajstić information content (AvgIpc) is 2.81. The van der Waals surface area contributed by atoms with E-state index >= 15 is 0 Å². The van der Waals surface area contributed by atoms with Gasteiger partial charge in [-0.25, -0.2) is 4.98 Å². The molecular weight excluding hydrogens is 296 g/mol. The minimum absolute atomic E-state index is 0.587. The van der Waals surface area contributed by atoms with Gasteiger partial charge in [-0.3, -0.25) is 0 Å². The van der Waals surface area contributed by atoms with Gasteiger partial charge in [0.2, 0.25) is 0 Å². The maximum absolute atomic E-state index is 6.15. The number of aromatic nitrogens is 1. The molecule has 0 amide bonds. The molecule has 0 fully saturated rings. The van der Waals surface area contributed by atoms with Crippen molar-refractivity contribution in [2.45, 2.75) is 37.0 Å². The highest BCUT2D eigenvalue weighted by atomic mass is 35.5. The summed E-state index contributed by atoms with van der Waals surface area (Å²) in [7, 11) is 0. The molecule has 2 aromatic rings. The van der Waals surface area contributed by atoms with E-state index in [1.54, 1.807) is 23.1 Å². The maximum atomic E-state index is 6.15. The fraction of sp³-hybridized carbons (Fsp3) is 0.357. The van der Waals surface area contributed by atoms with Crippen LogP contribution >= 0.6 is 34.7 Å². The zero-order valence-corrected chi connectivity index (χ0v) is 13.2. The largest absolute Gasteiger partial charge is 0.326 e. The van der Waals surface area contributed by atoms with E-state index < -0.39 is 0 Å². The second kappa shape index (κ2) is 7.29. The van der Waals surface area contributed by atoms with E-state index in [0.717, 1.165) is 33.5 Å². The smallest absolute Gasteiger partial charge is 0.103 e. The predicted molar refractivity (Wildman–Crippen MR) is 85.0 cm³/mol. The summed E-state index contributed by atoms with van der Waals surface area (Å²) in [6.45, 7) is 2.75. The van der Waals surface area contributed by atoms with E-state index in [1.165, 1.54) is 10.6 Å². The Bertz CT molecular complexity index is 540. The molecule has 0 saturated heterocycles. The van der Waals surface area contributed by atoms with E-state index in [-0.39, 0.29) is 0 Å². The SMILES string of the molecule is CCCc1nc(CSc2ccccc2Cl)sc1CN. The molecule has 102 valence electrons. The average molecular weight is 313 g/mol. The summed E-state index contributed by atoms with van der Waals surface area (Å²) in [5, 5.41) is 1.94. The molecular formula is C14H17ClN2S2. The molecule has 19 heavy (non-hydrogen) atoms. The van der Waals surface area contributed by atoms with Crippen LogP contribution < -0.4 is 5.73 Å². The third-order valence-corrected chi connectivity index (χ3v) is 5.51. The second-order valence-corrected chi connectivity index (χ2v) is 6.74. The molecule has 0 saturated carbocycles. The van der Waals surface area contributed by atoms with Crippen LogP contribution in [-0.4, -0.2) is 4.98 Å². The molecule has 0 aliphatic carbocycles. The lowest BCUT2D eigenvalue weighted by atomic mass is 10.2. The van der Waals surface area contributed by atoms with E-state index in [2.05, 4.69) is 6.92 Å². The van der Waals surface area contributed by atoms with Gasteiger partial charge >= 0.3 is 0 Å². The summed E-state index contributed by atoms with van der Waals surface area (Å²) in [6, 6.07) is 7.91. The van der Waals surface area contributed by atoms with Crippen LogP contribution in [0.15, 0.2) is 29.2 Å². The second-order valence-electron chi connectivity index (χ2n) is 4.15. The van der Waals surface area contributed by atoms with Crippen molar-refractivity contribution in [3.05, 3.63) is 44.9 Å². The Kier molecular flexibility index (Phi) is 5.70. The number of benzene rings is 1. The lowest BCUT2D eigenvalue weighted by molar-refractivity contribution is 0.866. The summed E-state index contributed by atoms with van der Waals surface area (Å²) < 4.78 is 0. The van der Waals surface area contributed by atoms with Crippen molar-refractivity contribution in [1.82, 2.24) is 4.98 Å². The topological polar surface area (TPSA) is 38.9 Å². The Morgan fingerprint density at radius 1 is 1.37 bits per heavy atom. The van der Waals surface area contributed by atoms with Crippen LogP contribution in [0.4, 0.5) is 0 Å². The molecule has 0 unspecified atom stereocenters. The molecule has 1 aromatic carbocycles. The summed E-state index contributed by atoms with van der Waals surface area (Å²) >= 11 is 9.60. The van der Waals surface area contributed by atoms with Crippen LogP contribution in [-0.2, 0) is 18.7 Å². The zero-order chi connectivity index (χ0) is 13.7. The Morgan fingerprint density at radius 3 is 2.84 bits per heavy atom. The van der Waals surface area contributed by atoms with Gasteiger partial charge < -0.3 is 5.73 Å². The Morgan fingerprint density at radius 2 is 2.16 bits per heavy atom. The number of halogens is 1. The maximum Gasteiger partial charge on any atom is 0.103 e. The monoisotopic (exact) mass is 312 g/mol. The molecule has 0 aliphatic heterocycles. The number of nitrogens with zero attached hydrogens (tertiary/aromatic N) is 1. The van der Waals surface area contributed by atoms with Crippen molar-refractivity contribution < 1.29 is 0 Å². The first kappa shape index (κ1) is 14.9. The van der Waals surface area contributed by atoms with Gasteiger partial charge in [-0.05, 0) is 18.6 Å². The third kappa shape index (κ3) is 3.96. The number of nitrogens with two attached hydrogens (primary N) is 1. The Hall–Kier alpha value is -0.550. The molecule has 2 nitrogen and oxygen atoms in total. The van der Waals surface area contributed by atoms with E-state index in [0.29, 0.717) is 6.54 Å². The van der Waals surface area contributed by atoms with Gasteiger partial charge in [0.1, 0.15) is 5.01 Å². The molecule has 1 heterocycles. The lowest BCUT2D eigenvalue weighted by Crippen LogP contribution is -1.97. The van der Waals surface area contributed by atoms with Crippen molar-refractivity contribution in [3.8, 4) is 0 Å². The van der Waals surface area contributed by atoms with Crippen molar-refractivity contribution in [2.75, 3.05) is 0 Å². The van der Waals surface area contributed by atoms with Gasteiger partial charge in [0, 0.05) is 16.3 Å². The fourth-order valence-electron chi connectivity index (χ4n) is 1.79. The van der Waals surface area contributed by atoms with E-state index in [1.807, 2.05) is 24.3 Å². The highest BCUT2D eigenvalue weighted by molar-refractivity contribution is 7.98. The van der Waals surface area contributed by atoms with Crippen LogP contribution in [0.5, 0.6) is 0 Å². The Labute approximate surface area is 127 Å². The van der Waals surface area contributed by atoms with Crippen molar-refractivity contribution >= 4 is 34.7 Å². The van der Waals surface area contributed by atoms with Crippen molar-refractivity contribution in [1.29, 1.82) is 0 Å². The molecule has 2 N–H and O–H groups in total. The summed E-state index contributed by atoms with van der Waals surface area (Å²) in [5.74, 6) is 0.852. The van der Waals surface area contributed by atoms with Crippen LogP contribution in [0.1, 0.15) is 28.9 Å². The summed E-state index contributed by atoms with van der Waals surface area (Å²) in [6.07, 6.45) is 2.12. The fourth-order valence-corrected chi connectivity index (χ4v) is 4.02. The molecule has 1 aromatic heterocycles. The van der Waals surface area contributed by atoms with Gasteiger partial charge in [-0.15, -0.1) is 23.1 Å². The number of thiazole rings is 1. The molecule has 0 spiro atoms. The molecule has 0 atom stereocenters. The van der Waals surface area contributed by atoms with Crippen LogP contribution in [0.25, 0.3) is 0 Å². The zero-order valence-electron chi connectivity index (χ0n) is 10.9. The first-order chi connectivity index (χ1) is 9.24. The number of rotatable bonds is 6. The molecule has 5 heteroatoms. The number of hydrogen-bond acceptors (Lipinski definition) is 4. The quantitative estimate of drug-likeness (QED) is 0.798. The summed E-state index contributed by atoms with van der Waals surface area (Å²) in [4.78, 5) is 7.01. The van der Waals surface area contributed by atoms with E-state index in [9.17, 15) is 0 Å². The standard InChI is InChI=1S/C14H17ClN2S2/c1-2-5-11-13(8-16)19-14(17-11)9-18-12-7-4-3-6-10(12)15/h3-4,6-7H,2,5,8-9,16H2,1H3. The third-order valence-electron chi connectivity index (χ3n) is 2.68. The molecule has 0 bridgehead atoms. The molecule has 0 aliphatic rings. The first-order valence-corrected chi connectivity index (χ1v) is 8.47. The van der Waals surface area contributed by atoms with Gasteiger partial charge in [-0.1, -0.05) is 37.1 Å². The Balaban J connectivity index is 2.05. The van der Waals surface area contributed by atoms with Crippen molar-refractivity contribution in [3.63, 3.8) is 0 Å². The lowest BCUT2D eigenvalue weighted by Gasteiger charge is -2.01. The molecule has 2 rings (SSSR count). The highest BCUT2D eigenvalue weighted by Gasteiger charge is 2.10. The number of aryl methyl sites for hydroxylation is 1. The van der Waals surface area contributed by atoms with Gasteiger partial charge in [0.15, 0.2) is 0 Å². The highest BCUT2D eigenvalue weighted by Crippen LogP contribution is 2.31. The van der Waals surface area contributed by atoms with Crippen LogP contribution in [0.2, 0.25) is 5.02 Å². The first-order valence-electron chi connectivity index (χ1n) is 6.29.